The lowest BCUT2D eigenvalue weighted by molar-refractivity contribution is 0.102. The van der Waals surface area contributed by atoms with Gasteiger partial charge in [-0.3, -0.25) is 4.79 Å². The molecule has 0 fully saturated rings. The third kappa shape index (κ3) is 4.61. The highest BCUT2D eigenvalue weighted by Gasteiger charge is 2.14. The molecule has 0 aliphatic heterocycles. The summed E-state index contributed by atoms with van der Waals surface area (Å²) in [7, 11) is 0. The van der Waals surface area contributed by atoms with Crippen molar-refractivity contribution in [1.82, 2.24) is 0 Å². The largest absolute Gasteiger partial charge is 0.488 e. The fraction of sp³-hybridized carbons (Fsp3) is 0.0952. The van der Waals surface area contributed by atoms with Crippen LogP contribution in [-0.4, -0.2) is 5.91 Å². The van der Waals surface area contributed by atoms with Crippen LogP contribution in [0.4, 0.5) is 5.69 Å². The molecule has 0 radical (unpaired) electrons. The molecule has 0 aliphatic rings. The van der Waals surface area contributed by atoms with Crippen molar-refractivity contribution in [1.29, 1.82) is 0 Å². The number of ether oxygens (including phenoxy) is 1. The summed E-state index contributed by atoms with van der Waals surface area (Å²) < 4.78 is 5.84. The lowest BCUT2D eigenvalue weighted by Gasteiger charge is -2.13. The van der Waals surface area contributed by atoms with Crippen LogP contribution in [0.5, 0.6) is 5.75 Å². The van der Waals surface area contributed by atoms with E-state index in [1.807, 2.05) is 61.5 Å². The molecule has 0 spiro atoms. The normalized spacial score (nSPS) is 10.3. The predicted molar refractivity (Wildman–Crippen MR) is 101 cm³/mol. The molecule has 0 saturated carbocycles. The third-order valence-electron chi connectivity index (χ3n) is 3.70. The Kier molecular flexibility index (Phi) is 5.36. The van der Waals surface area contributed by atoms with Crippen LogP contribution in [0.15, 0.2) is 72.8 Å². The molecular weight excluding hydrogens is 334 g/mol. The number of anilines is 1. The van der Waals surface area contributed by atoms with Gasteiger partial charge in [-0.05, 0) is 48.4 Å². The Labute approximate surface area is 152 Å². The molecule has 3 aromatic carbocycles. The van der Waals surface area contributed by atoms with E-state index < -0.39 is 0 Å². The topological polar surface area (TPSA) is 38.3 Å². The van der Waals surface area contributed by atoms with Gasteiger partial charge in [-0.15, -0.1) is 0 Å². The minimum Gasteiger partial charge on any atom is -0.488 e. The fourth-order valence-electron chi connectivity index (χ4n) is 2.46. The number of carbonyl (C=O) groups excluding carboxylic acids is 1. The Morgan fingerprint density at radius 1 is 1.00 bits per heavy atom. The van der Waals surface area contributed by atoms with Crippen molar-refractivity contribution in [2.24, 2.45) is 0 Å². The van der Waals surface area contributed by atoms with Crippen LogP contribution in [0.3, 0.4) is 0 Å². The highest BCUT2D eigenvalue weighted by Crippen LogP contribution is 2.25. The van der Waals surface area contributed by atoms with Gasteiger partial charge in [-0.1, -0.05) is 54.1 Å². The standard InChI is InChI=1S/C21H18ClNO2/c1-15-6-5-9-18(12-15)23-21(24)19-13-17(22)10-11-20(19)25-14-16-7-3-2-4-8-16/h2-13H,14H2,1H3,(H,23,24). The molecule has 0 aliphatic carbocycles. The van der Waals surface area contributed by atoms with E-state index in [-0.39, 0.29) is 5.91 Å². The number of halogens is 1. The molecule has 4 heteroatoms. The number of hydrogen-bond donors (Lipinski definition) is 1. The molecule has 3 nitrogen and oxygen atoms in total. The summed E-state index contributed by atoms with van der Waals surface area (Å²) in [6.45, 7) is 2.36. The van der Waals surface area contributed by atoms with Gasteiger partial charge in [0.1, 0.15) is 12.4 Å². The number of benzene rings is 3. The quantitative estimate of drug-likeness (QED) is 0.661. The van der Waals surface area contributed by atoms with Crippen LogP contribution >= 0.6 is 11.6 Å². The van der Waals surface area contributed by atoms with Gasteiger partial charge in [0, 0.05) is 10.7 Å². The maximum atomic E-state index is 12.7. The van der Waals surface area contributed by atoms with E-state index >= 15 is 0 Å². The van der Waals surface area contributed by atoms with E-state index in [1.54, 1.807) is 18.2 Å². The summed E-state index contributed by atoms with van der Waals surface area (Å²) in [5.41, 5.74) is 3.25. The molecule has 3 rings (SSSR count). The average Bonchev–Trinajstić information content (AvgIpc) is 2.61. The van der Waals surface area contributed by atoms with Crippen LogP contribution < -0.4 is 10.1 Å². The van der Waals surface area contributed by atoms with Crippen LogP contribution in [-0.2, 0) is 6.61 Å². The molecule has 3 aromatic rings. The van der Waals surface area contributed by atoms with Gasteiger partial charge in [0.05, 0.1) is 5.56 Å². The maximum Gasteiger partial charge on any atom is 0.259 e. The first-order valence-electron chi connectivity index (χ1n) is 7.96. The Morgan fingerprint density at radius 3 is 2.56 bits per heavy atom. The number of amides is 1. The number of rotatable bonds is 5. The predicted octanol–water partition coefficient (Wildman–Crippen LogP) is 5.48. The number of nitrogens with one attached hydrogen (secondary N) is 1. The second-order valence-electron chi connectivity index (χ2n) is 5.74. The highest BCUT2D eigenvalue weighted by molar-refractivity contribution is 6.31. The van der Waals surface area contributed by atoms with Gasteiger partial charge < -0.3 is 10.1 Å². The molecule has 0 unspecified atom stereocenters. The lowest BCUT2D eigenvalue weighted by atomic mass is 10.1. The van der Waals surface area contributed by atoms with Crippen molar-refractivity contribution in [3.8, 4) is 5.75 Å². The smallest absolute Gasteiger partial charge is 0.259 e. The first-order valence-corrected chi connectivity index (χ1v) is 8.34. The molecule has 0 aromatic heterocycles. The van der Waals surface area contributed by atoms with Crippen molar-refractivity contribution < 1.29 is 9.53 Å². The molecule has 0 bridgehead atoms. The van der Waals surface area contributed by atoms with E-state index in [0.717, 1.165) is 16.8 Å². The lowest BCUT2D eigenvalue weighted by Crippen LogP contribution is -2.14. The zero-order valence-corrected chi connectivity index (χ0v) is 14.6. The minimum absolute atomic E-state index is 0.254. The van der Waals surface area contributed by atoms with Crippen molar-refractivity contribution in [3.05, 3.63) is 94.5 Å². The molecule has 1 amide bonds. The first kappa shape index (κ1) is 17.1. The van der Waals surface area contributed by atoms with E-state index in [9.17, 15) is 4.79 Å². The Morgan fingerprint density at radius 2 is 1.80 bits per heavy atom. The minimum atomic E-state index is -0.254. The van der Waals surface area contributed by atoms with Gasteiger partial charge in [0.15, 0.2) is 0 Å². The van der Waals surface area contributed by atoms with Gasteiger partial charge in [-0.25, -0.2) is 0 Å². The third-order valence-corrected chi connectivity index (χ3v) is 3.93. The van der Waals surface area contributed by atoms with Gasteiger partial charge in [0.2, 0.25) is 0 Å². The Balaban J connectivity index is 1.79. The number of hydrogen-bond acceptors (Lipinski definition) is 2. The van der Waals surface area contributed by atoms with Gasteiger partial charge in [0.25, 0.3) is 5.91 Å². The molecule has 25 heavy (non-hydrogen) atoms. The van der Waals surface area contributed by atoms with Gasteiger partial charge in [-0.2, -0.15) is 0 Å². The monoisotopic (exact) mass is 351 g/mol. The first-order chi connectivity index (χ1) is 12.1. The SMILES string of the molecule is Cc1cccc(NC(=O)c2cc(Cl)ccc2OCc2ccccc2)c1. The summed E-state index contributed by atoms with van der Waals surface area (Å²) in [5, 5.41) is 3.37. The van der Waals surface area contributed by atoms with Crippen LogP contribution in [0, 0.1) is 6.92 Å². The zero-order valence-electron chi connectivity index (χ0n) is 13.8. The fourth-order valence-corrected chi connectivity index (χ4v) is 2.63. The van der Waals surface area contributed by atoms with Crippen molar-refractivity contribution in [2.45, 2.75) is 13.5 Å². The van der Waals surface area contributed by atoms with Crippen LogP contribution in [0.25, 0.3) is 0 Å². The number of aryl methyl sites for hydroxylation is 1. The van der Waals surface area contributed by atoms with Crippen molar-refractivity contribution >= 4 is 23.2 Å². The summed E-state index contributed by atoms with van der Waals surface area (Å²) in [6, 6.07) is 22.5. The van der Waals surface area contributed by atoms with E-state index in [1.165, 1.54) is 0 Å². The molecule has 126 valence electrons. The summed E-state index contributed by atoms with van der Waals surface area (Å²) in [4.78, 5) is 12.7. The van der Waals surface area contributed by atoms with E-state index in [2.05, 4.69) is 5.32 Å². The summed E-state index contributed by atoms with van der Waals surface area (Å²) in [5.74, 6) is 0.245. The Bertz CT molecular complexity index is 878. The Hall–Kier alpha value is -2.78. The van der Waals surface area contributed by atoms with E-state index in [4.69, 9.17) is 16.3 Å². The molecule has 1 N–H and O–H groups in total. The second-order valence-corrected chi connectivity index (χ2v) is 6.17. The molecule has 0 heterocycles. The van der Waals surface area contributed by atoms with Gasteiger partial charge >= 0.3 is 0 Å². The average molecular weight is 352 g/mol. The number of carbonyl (C=O) groups is 1. The zero-order chi connectivity index (χ0) is 17.6. The maximum absolute atomic E-state index is 12.7. The summed E-state index contributed by atoms with van der Waals surface area (Å²) >= 11 is 6.07. The highest BCUT2D eigenvalue weighted by atomic mass is 35.5. The second kappa shape index (κ2) is 7.86. The molecular formula is C21H18ClNO2. The van der Waals surface area contributed by atoms with E-state index in [0.29, 0.717) is 22.9 Å². The van der Waals surface area contributed by atoms with Crippen LogP contribution in [0.1, 0.15) is 21.5 Å². The van der Waals surface area contributed by atoms with Crippen molar-refractivity contribution in [2.75, 3.05) is 5.32 Å². The van der Waals surface area contributed by atoms with Crippen molar-refractivity contribution in [3.63, 3.8) is 0 Å². The molecule has 0 saturated heterocycles. The summed E-state index contributed by atoms with van der Waals surface area (Å²) in [6.07, 6.45) is 0. The van der Waals surface area contributed by atoms with Crippen LogP contribution in [0.2, 0.25) is 5.02 Å². The molecule has 0 atom stereocenters.